The Hall–Kier alpha value is -0.123. The SMILES string of the molecule is Brc1ccccc1[Si]1CCCCO1. The molecular weight excluding hydrogens is 244 g/mol. The highest BCUT2D eigenvalue weighted by molar-refractivity contribution is 9.10. The van der Waals surface area contributed by atoms with Crippen molar-refractivity contribution in [3.63, 3.8) is 0 Å². The molecule has 1 fully saturated rings. The van der Waals surface area contributed by atoms with Gasteiger partial charge in [-0.1, -0.05) is 40.5 Å². The Bertz CT molecular complexity index is 284. The van der Waals surface area contributed by atoms with Crippen LogP contribution in [0.3, 0.4) is 0 Å². The molecule has 3 heteroatoms. The zero-order valence-electron chi connectivity index (χ0n) is 7.42. The molecule has 1 nitrogen and oxygen atoms in total. The predicted octanol–water partition coefficient (Wildman–Crippen LogP) is 2.46. The second-order valence-corrected chi connectivity index (χ2v) is 6.24. The normalized spacial score (nSPS) is 18.8. The second-order valence-electron chi connectivity index (χ2n) is 3.21. The van der Waals surface area contributed by atoms with Gasteiger partial charge in [-0.3, -0.25) is 0 Å². The summed E-state index contributed by atoms with van der Waals surface area (Å²) in [7, 11) is -0.703. The fourth-order valence-electron chi connectivity index (χ4n) is 1.55. The Morgan fingerprint density at radius 2 is 2.08 bits per heavy atom. The lowest BCUT2D eigenvalue weighted by molar-refractivity contribution is 0.294. The standard InChI is InChI=1S/C10H12BrOSi/c11-9-5-1-2-6-10(9)13-8-4-3-7-12-13/h1-2,5-6H,3-4,7-8H2. The van der Waals surface area contributed by atoms with E-state index in [0.29, 0.717) is 0 Å². The van der Waals surface area contributed by atoms with E-state index in [1.165, 1.54) is 28.5 Å². The van der Waals surface area contributed by atoms with E-state index in [1.807, 2.05) is 0 Å². The van der Waals surface area contributed by atoms with Crippen molar-refractivity contribution in [2.75, 3.05) is 6.61 Å². The molecule has 1 aromatic rings. The number of halogens is 1. The van der Waals surface area contributed by atoms with Gasteiger partial charge in [0.2, 0.25) is 9.04 Å². The van der Waals surface area contributed by atoms with Crippen LogP contribution in [0.2, 0.25) is 6.04 Å². The summed E-state index contributed by atoms with van der Waals surface area (Å²) in [5, 5.41) is 1.40. The molecule has 1 saturated heterocycles. The Balaban J connectivity index is 2.18. The summed E-state index contributed by atoms with van der Waals surface area (Å²) in [5.41, 5.74) is 0. The van der Waals surface area contributed by atoms with E-state index < -0.39 is 9.04 Å². The molecule has 69 valence electrons. The first-order chi connectivity index (χ1) is 6.38. The molecular formula is C10H12BrOSi. The van der Waals surface area contributed by atoms with Crippen molar-refractivity contribution >= 4 is 30.2 Å². The summed E-state index contributed by atoms with van der Waals surface area (Å²) in [6, 6.07) is 9.69. The molecule has 0 aromatic heterocycles. The maximum atomic E-state index is 5.82. The minimum Gasteiger partial charge on any atom is -0.412 e. The summed E-state index contributed by atoms with van der Waals surface area (Å²) in [6.07, 6.45) is 2.56. The topological polar surface area (TPSA) is 9.23 Å². The van der Waals surface area contributed by atoms with Gasteiger partial charge in [-0.25, -0.2) is 0 Å². The zero-order valence-corrected chi connectivity index (χ0v) is 10.0. The molecule has 1 heterocycles. The lowest BCUT2D eigenvalue weighted by Crippen LogP contribution is -2.37. The van der Waals surface area contributed by atoms with E-state index in [0.717, 1.165) is 6.61 Å². The van der Waals surface area contributed by atoms with Crippen molar-refractivity contribution in [2.24, 2.45) is 0 Å². The van der Waals surface area contributed by atoms with Crippen molar-refractivity contribution in [2.45, 2.75) is 18.9 Å². The van der Waals surface area contributed by atoms with Crippen molar-refractivity contribution < 1.29 is 4.43 Å². The summed E-state index contributed by atoms with van der Waals surface area (Å²) in [6.45, 7) is 0.954. The van der Waals surface area contributed by atoms with Crippen LogP contribution in [0.1, 0.15) is 12.8 Å². The highest BCUT2D eigenvalue weighted by Crippen LogP contribution is 2.15. The second kappa shape index (κ2) is 4.40. The molecule has 1 aliphatic heterocycles. The van der Waals surface area contributed by atoms with E-state index >= 15 is 0 Å². The van der Waals surface area contributed by atoms with Gasteiger partial charge < -0.3 is 4.43 Å². The molecule has 1 aliphatic rings. The van der Waals surface area contributed by atoms with E-state index in [4.69, 9.17) is 4.43 Å². The Labute approximate surface area is 89.0 Å². The summed E-state index contributed by atoms with van der Waals surface area (Å²) in [5.74, 6) is 0. The Morgan fingerprint density at radius 1 is 1.23 bits per heavy atom. The van der Waals surface area contributed by atoms with Crippen LogP contribution in [0.4, 0.5) is 0 Å². The molecule has 0 atom stereocenters. The van der Waals surface area contributed by atoms with Crippen LogP contribution in [0.25, 0.3) is 0 Å². The van der Waals surface area contributed by atoms with Crippen LogP contribution < -0.4 is 5.19 Å². The summed E-state index contributed by atoms with van der Waals surface area (Å²) >= 11 is 3.58. The highest BCUT2D eigenvalue weighted by atomic mass is 79.9. The maximum absolute atomic E-state index is 5.82. The van der Waals surface area contributed by atoms with Crippen molar-refractivity contribution in [3.8, 4) is 0 Å². The molecule has 0 amide bonds. The van der Waals surface area contributed by atoms with E-state index in [9.17, 15) is 0 Å². The molecule has 0 aliphatic carbocycles. The van der Waals surface area contributed by atoms with Gasteiger partial charge in [0, 0.05) is 11.1 Å². The number of benzene rings is 1. The minimum atomic E-state index is -0.703. The minimum absolute atomic E-state index is 0.703. The molecule has 1 aromatic carbocycles. The molecule has 2 rings (SSSR count). The van der Waals surface area contributed by atoms with E-state index in [-0.39, 0.29) is 0 Å². The Kier molecular flexibility index (Phi) is 3.19. The average Bonchev–Trinajstić information content (AvgIpc) is 2.20. The molecule has 0 bridgehead atoms. The first kappa shape index (κ1) is 9.43. The number of hydrogen-bond acceptors (Lipinski definition) is 1. The largest absolute Gasteiger partial charge is 0.412 e. The van der Waals surface area contributed by atoms with Crippen LogP contribution >= 0.6 is 15.9 Å². The van der Waals surface area contributed by atoms with Crippen molar-refractivity contribution in [1.29, 1.82) is 0 Å². The Morgan fingerprint density at radius 3 is 2.77 bits per heavy atom. The van der Waals surface area contributed by atoms with Gasteiger partial charge >= 0.3 is 0 Å². The molecule has 0 N–H and O–H groups in total. The van der Waals surface area contributed by atoms with Crippen LogP contribution in [-0.4, -0.2) is 15.6 Å². The third kappa shape index (κ3) is 2.21. The third-order valence-electron chi connectivity index (χ3n) is 2.25. The molecule has 0 spiro atoms. The van der Waals surface area contributed by atoms with Gasteiger partial charge in [-0.2, -0.15) is 0 Å². The number of rotatable bonds is 1. The van der Waals surface area contributed by atoms with Gasteiger partial charge in [0.25, 0.3) is 0 Å². The van der Waals surface area contributed by atoms with Crippen LogP contribution in [0.15, 0.2) is 28.7 Å². The first-order valence-electron chi connectivity index (χ1n) is 4.61. The summed E-state index contributed by atoms with van der Waals surface area (Å²) in [4.78, 5) is 0. The third-order valence-corrected chi connectivity index (χ3v) is 5.70. The average molecular weight is 256 g/mol. The smallest absolute Gasteiger partial charge is 0.247 e. The molecule has 0 saturated carbocycles. The van der Waals surface area contributed by atoms with Crippen molar-refractivity contribution in [3.05, 3.63) is 28.7 Å². The van der Waals surface area contributed by atoms with Gasteiger partial charge in [0.15, 0.2) is 0 Å². The van der Waals surface area contributed by atoms with Crippen LogP contribution in [-0.2, 0) is 4.43 Å². The zero-order chi connectivity index (χ0) is 9.10. The monoisotopic (exact) mass is 255 g/mol. The molecule has 1 radical (unpaired) electrons. The maximum Gasteiger partial charge on any atom is 0.247 e. The lowest BCUT2D eigenvalue weighted by Gasteiger charge is -2.21. The van der Waals surface area contributed by atoms with Gasteiger partial charge in [0.1, 0.15) is 0 Å². The van der Waals surface area contributed by atoms with Crippen LogP contribution in [0.5, 0.6) is 0 Å². The fourth-order valence-corrected chi connectivity index (χ4v) is 4.67. The van der Waals surface area contributed by atoms with Crippen LogP contribution in [0, 0.1) is 0 Å². The van der Waals surface area contributed by atoms with Crippen molar-refractivity contribution in [1.82, 2.24) is 0 Å². The highest BCUT2D eigenvalue weighted by Gasteiger charge is 2.21. The van der Waals surface area contributed by atoms with E-state index in [2.05, 4.69) is 40.2 Å². The lowest BCUT2D eigenvalue weighted by atomic mass is 10.3. The quantitative estimate of drug-likeness (QED) is 0.701. The molecule has 13 heavy (non-hydrogen) atoms. The summed E-state index contributed by atoms with van der Waals surface area (Å²) < 4.78 is 7.03. The predicted molar refractivity (Wildman–Crippen MR) is 59.5 cm³/mol. The van der Waals surface area contributed by atoms with E-state index in [1.54, 1.807) is 0 Å². The first-order valence-corrected chi connectivity index (χ1v) is 7.02. The number of hydrogen-bond donors (Lipinski definition) is 0. The van der Waals surface area contributed by atoms with Gasteiger partial charge in [0.05, 0.1) is 0 Å². The molecule has 0 unspecified atom stereocenters. The van der Waals surface area contributed by atoms with Gasteiger partial charge in [-0.05, 0) is 23.7 Å². The van der Waals surface area contributed by atoms with Gasteiger partial charge in [-0.15, -0.1) is 0 Å². The fraction of sp³-hybridized carbons (Fsp3) is 0.400.